The predicted octanol–water partition coefficient (Wildman–Crippen LogP) is -1.80. The largest absolute Gasteiger partial charge is 0.480 e. The molecule has 0 radical (unpaired) electrons. The summed E-state index contributed by atoms with van der Waals surface area (Å²) >= 11 is 0. The molecule has 1 rings (SSSR count). The third-order valence-corrected chi connectivity index (χ3v) is 2.86. The van der Waals surface area contributed by atoms with E-state index in [1.54, 1.807) is 0 Å². The van der Waals surface area contributed by atoms with Gasteiger partial charge >= 0.3 is 5.97 Å². The molecule has 0 aromatic heterocycles. The number of amides is 2. The molecule has 108 valence electrons. The summed E-state index contributed by atoms with van der Waals surface area (Å²) < 4.78 is 5.37. The molecule has 1 heterocycles. The smallest absolute Gasteiger partial charge is 0.326 e. The monoisotopic (exact) mass is 273 g/mol. The second kappa shape index (κ2) is 6.48. The summed E-state index contributed by atoms with van der Waals surface area (Å²) in [5.41, 5.74) is 4.57. The van der Waals surface area contributed by atoms with Crippen molar-refractivity contribution < 1.29 is 24.2 Å². The van der Waals surface area contributed by atoms with Gasteiger partial charge in [0.2, 0.25) is 11.8 Å². The minimum absolute atomic E-state index is 0.0325. The highest BCUT2D eigenvalue weighted by atomic mass is 16.5. The average Bonchev–Trinajstić information content (AvgIpc) is 2.28. The molecule has 1 aliphatic heterocycles. The van der Waals surface area contributed by atoms with Gasteiger partial charge in [-0.3, -0.25) is 9.59 Å². The van der Waals surface area contributed by atoms with Crippen molar-refractivity contribution in [3.63, 3.8) is 0 Å². The van der Waals surface area contributed by atoms with E-state index >= 15 is 0 Å². The number of nitrogens with two attached hydrogens (primary N) is 1. The first-order chi connectivity index (χ1) is 8.82. The summed E-state index contributed by atoms with van der Waals surface area (Å²) in [7, 11) is 0. The second-order valence-electron chi connectivity index (χ2n) is 4.81. The predicted molar refractivity (Wildman–Crippen MR) is 65.2 cm³/mol. The Labute approximate surface area is 110 Å². The van der Waals surface area contributed by atoms with Gasteiger partial charge in [-0.1, -0.05) is 0 Å². The van der Waals surface area contributed by atoms with Gasteiger partial charge in [0.05, 0.1) is 5.60 Å². The van der Waals surface area contributed by atoms with Crippen LogP contribution in [0.2, 0.25) is 0 Å². The van der Waals surface area contributed by atoms with E-state index in [0.29, 0.717) is 13.1 Å². The van der Waals surface area contributed by atoms with Gasteiger partial charge in [0.1, 0.15) is 12.6 Å². The molecule has 1 unspecified atom stereocenters. The molecular formula is C11H19N3O5. The lowest BCUT2D eigenvalue weighted by molar-refractivity contribution is -0.145. The third kappa shape index (κ3) is 5.23. The molecule has 1 atom stereocenters. The second-order valence-corrected chi connectivity index (χ2v) is 4.81. The molecule has 0 spiro atoms. The Hall–Kier alpha value is -1.67. The number of carboxylic acid groups (broad SMARTS) is 1. The maximum absolute atomic E-state index is 11.6. The number of hydrogen-bond donors (Lipinski definition) is 4. The highest BCUT2D eigenvalue weighted by Crippen LogP contribution is 2.14. The SMILES string of the molecule is CC1(OCC(=O)NC(CCC(N)=O)C(=O)O)CNC1. The summed E-state index contributed by atoms with van der Waals surface area (Å²) in [4.78, 5) is 33.1. The summed E-state index contributed by atoms with van der Waals surface area (Å²) in [5, 5.41) is 14.2. The topological polar surface area (TPSA) is 131 Å². The van der Waals surface area contributed by atoms with Crippen LogP contribution in [0.1, 0.15) is 19.8 Å². The van der Waals surface area contributed by atoms with Gasteiger partial charge in [-0.05, 0) is 13.3 Å². The summed E-state index contributed by atoms with van der Waals surface area (Å²) in [6.07, 6.45) is -0.130. The van der Waals surface area contributed by atoms with Gasteiger partial charge in [0.25, 0.3) is 0 Å². The van der Waals surface area contributed by atoms with Gasteiger partial charge in [-0.15, -0.1) is 0 Å². The number of nitrogens with one attached hydrogen (secondary N) is 2. The standard InChI is InChI=1S/C11H19N3O5/c1-11(5-13-6-11)19-4-9(16)14-7(10(17)18)2-3-8(12)15/h7,13H,2-6H2,1H3,(H2,12,15)(H,14,16)(H,17,18). The van der Waals surface area contributed by atoms with Crippen molar-refractivity contribution in [2.45, 2.75) is 31.4 Å². The van der Waals surface area contributed by atoms with E-state index in [4.69, 9.17) is 15.6 Å². The Morgan fingerprint density at radius 2 is 2.11 bits per heavy atom. The highest BCUT2D eigenvalue weighted by Gasteiger charge is 2.33. The molecule has 2 amide bonds. The van der Waals surface area contributed by atoms with E-state index in [9.17, 15) is 14.4 Å². The minimum Gasteiger partial charge on any atom is -0.480 e. The van der Waals surface area contributed by atoms with Crippen LogP contribution in [0.4, 0.5) is 0 Å². The summed E-state index contributed by atoms with van der Waals surface area (Å²) in [6, 6.07) is -1.13. The van der Waals surface area contributed by atoms with Crippen molar-refractivity contribution in [1.29, 1.82) is 0 Å². The Morgan fingerprint density at radius 3 is 2.53 bits per heavy atom. The molecular weight excluding hydrogens is 254 g/mol. The highest BCUT2D eigenvalue weighted by molar-refractivity contribution is 5.84. The van der Waals surface area contributed by atoms with Crippen LogP contribution in [-0.4, -0.2) is 54.2 Å². The molecule has 8 heteroatoms. The summed E-state index contributed by atoms with van der Waals surface area (Å²) in [5.74, 6) is -2.33. The van der Waals surface area contributed by atoms with Gasteiger partial charge in [-0.25, -0.2) is 4.79 Å². The Morgan fingerprint density at radius 1 is 1.47 bits per heavy atom. The maximum atomic E-state index is 11.6. The van der Waals surface area contributed by atoms with Gasteiger partial charge in [0, 0.05) is 19.5 Å². The van der Waals surface area contributed by atoms with E-state index in [-0.39, 0.29) is 25.0 Å². The zero-order chi connectivity index (χ0) is 14.5. The fourth-order valence-corrected chi connectivity index (χ4v) is 1.60. The number of hydrogen-bond acceptors (Lipinski definition) is 5. The summed E-state index contributed by atoms with van der Waals surface area (Å²) in [6.45, 7) is 2.96. The van der Waals surface area contributed by atoms with Crippen molar-refractivity contribution in [2.24, 2.45) is 5.73 Å². The molecule has 0 bridgehead atoms. The van der Waals surface area contributed by atoms with E-state index in [2.05, 4.69) is 10.6 Å². The maximum Gasteiger partial charge on any atom is 0.326 e. The normalized spacial score (nSPS) is 18.2. The Kier molecular flexibility index (Phi) is 5.25. The van der Waals surface area contributed by atoms with E-state index in [1.165, 1.54) is 0 Å². The number of ether oxygens (including phenoxy) is 1. The van der Waals surface area contributed by atoms with Crippen LogP contribution in [0.25, 0.3) is 0 Å². The van der Waals surface area contributed by atoms with Crippen molar-refractivity contribution >= 4 is 17.8 Å². The van der Waals surface area contributed by atoms with Crippen molar-refractivity contribution in [3.8, 4) is 0 Å². The number of aliphatic carboxylic acids is 1. The first kappa shape index (κ1) is 15.4. The van der Waals surface area contributed by atoms with Crippen molar-refractivity contribution in [1.82, 2.24) is 10.6 Å². The van der Waals surface area contributed by atoms with Crippen molar-refractivity contribution in [3.05, 3.63) is 0 Å². The van der Waals surface area contributed by atoms with Gasteiger partial charge in [0.15, 0.2) is 0 Å². The lowest BCUT2D eigenvalue weighted by Gasteiger charge is -2.38. The lowest BCUT2D eigenvalue weighted by Crippen LogP contribution is -2.60. The Bertz CT molecular complexity index is 367. The molecule has 0 aromatic carbocycles. The molecule has 0 aromatic rings. The van der Waals surface area contributed by atoms with Crippen LogP contribution in [0.3, 0.4) is 0 Å². The molecule has 1 fully saturated rings. The van der Waals surface area contributed by atoms with Gasteiger partial charge < -0.3 is 26.2 Å². The molecule has 8 nitrogen and oxygen atoms in total. The molecule has 0 saturated carbocycles. The minimum atomic E-state index is -1.20. The zero-order valence-corrected chi connectivity index (χ0v) is 10.8. The van der Waals surface area contributed by atoms with Crippen LogP contribution in [0.5, 0.6) is 0 Å². The lowest BCUT2D eigenvalue weighted by atomic mass is 10.0. The van der Waals surface area contributed by atoms with Crippen LogP contribution < -0.4 is 16.4 Å². The van der Waals surface area contributed by atoms with Crippen LogP contribution in [0.15, 0.2) is 0 Å². The Balaban J connectivity index is 2.33. The fourth-order valence-electron chi connectivity index (χ4n) is 1.60. The van der Waals surface area contributed by atoms with Crippen molar-refractivity contribution in [2.75, 3.05) is 19.7 Å². The zero-order valence-electron chi connectivity index (χ0n) is 10.8. The fraction of sp³-hybridized carbons (Fsp3) is 0.727. The number of rotatable bonds is 8. The van der Waals surface area contributed by atoms with Gasteiger partial charge in [-0.2, -0.15) is 0 Å². The molecule has 19 heavy (non-hydrogen) atoms. The van der Waals surface area contributed by atoms with Crippen LogP contribution in [0, 0.1) is 0 Å². The number of carboxylic acids is 1. The van der Waals surface area contributed by atoms with E-state index in [0.717, 1.165) is 0 Å². The average molecular weight is 273 g/mol. The van der Waals surface area contributed by atoms with Crippen LogP contribution in [-0.2, 0) is 19.1 Å². The molecule has 1 saturated heterocycles. The first-order valence-corrected chi connectivity index (χ1v) is 5.97. The molecule has 5 N–H and O–H groups in total. The third-order valence-electron chi connectivity index (χ3n) is 2.86. The van der Waals surface area contributed by atoms with E-state index < -0.39 is 23.8 Å². The quantitative estimate of drug-likeness (QED) is 0.413. The van der Waals surface area contributed by atoms with Crippen LogP contribution >= 0.6 is 0 Å². The number of primary amides is 1. The molecule has 1 aliphatic rings. The van der Waals surface area contributed by atoms with E-state index in [1.807, 2.05) is 6.92 Å². The molecule has 0 aliphatic carbocycles. The number of carbonyl (C=O) groups excluding carboxylic acids is 2. The number of carbonyl (C=O) groups is 3. The first-order valence-electron chi connectivity index (χ1n) is 5.97.